The summed E-state index contributed by atoms with van der Waals surface area (Å²) in [5.41, 5.74) is 1.52. The quantitative estimate of drug-likeness (QED) is 0.502. The van der Waals surface area contributed by atoms with Crippen LogP contribution in [0.1, 0.15) is 18.3 Å². The summed E-state index contributed by atoms with van der Waals surface area (Å²) in [5.74, 6) is 0.334. The van der Waals surface area contributed by atoms with E-state index < -0.39 is 24.9 Å². The Hall–Kier alpha value is -1.47. The van der Waals surface area contributed by atoms with Crippen LogP contribution in [0.2, 0.25) is 0 Å². The number of aromatic amines is 1. The average molecular weight is 252 g/mol. The number of para-hydroxylation sites is 2. The van der Waals surface area contributed by atoms with Crippen LogP contribution in [0.4, 0.5) is 0 Å². The molecule has 1 heterocycles. The van der Waals surface area contributed by atoms with E-state index in [1.165, 1.54) is 0 Å². The van der Waals surface area contributed by atoms with Gasteiger partial charge in [-0.25, -0.2) is 4.98 Å². The van der Waals surface area contributed by atoms with Gasteiger partial charge in [-0.1, -0.05) is 12.1 Å². The van der Waals surface area contributed by atoms with E-state index in [-0.39, 0.29) is 6.42 Å². The van der Waals surface area contributed by atoms with Gasteiger partial charge in [0.1, 0.15) is 18.0 Å². The molecule has 0 spiro atoms. The predicted molar refractivity (Wildman–Crippen MR) is 64.8 cm³/mol. The van der Waals surface area contributed by atoms with Crippen LogP contribution in [0.15, 0.2) is 24.3 Å². The molecule has 18 heavy (non-hydrogen) atoms. The van der Waals surface area contributed by atoms with Crippen LogP contribution >= 0.6 is 0 Å². The average Bonchev–Trinajstić information content (AvgIpc) is 2.81. The molecule has 6 heteroatoms. The molecule has 0 saturated heterocycles. The first-order valence-corrected chi connectivity index (χ1v) is 5.71. The highest BCUT2D eigenvalue weighted by molar-refractivity contribution is 5.74. The van der Waals surface area contributed by atoms with Crippen LogP contribution in [0, 0.1) is 0 Å². The Labute approximate surface area is 104 Å². The van der Waals surface area contributed by atoms with Gasteiger partial charge in [-0.05, 0) is 12.1 Å². The summed E-state index contributed by atoms with van der Waals surface area (Å²) >= 11 is 0. The number of benzene rings is 1. The molecule has 0 bridgehead atoms. The second kappa shape index (κ2) is 5.45. The van der Waals surface area contributed by atoms with Crippen molar-refractivity contribution in [2.75, 3.05) is 6.61 Å². The zero-order valence-corrected chi connectivity index (χ0v) is 9.69. The molecule has 3 atom stereocenters. The maximum atomic E-state index is 9.89. The summed E-state index contributed by atoms with van der Waals surface area (Å²) in [6, 6.07) is 7.32. The van der Waals surface area contributed by atoms with Gasteiger partial charge in [0, 0.05) is 6.42 Å². The number of nitrogens with one attached hydrogen (secondary N) is 1. The van der Waals surface area contributed by atoms with E-state index in [0.717, 1.165) is 11.0 Å². The van der Waals surface area contributed by atoms with Crippen molar-refractivity contribution in [1.29, 1.82) is 0 Å². The van der Waals surface area contributed by atoms with Gasteiger partial charge in [0.2, 0.25) is 0 Å². The molecule has 0 radical (unpaired) electrons. The normalized spacial score (nSPS) is 16.7. The molecule has 1 aromatic carbocycles. The number of nitrogens with zero attached hydrogens (tertiary/aromatic N) is 1. The molecule has 0 fully saturated rings. The van der Waals surface area contributed by atoms with Crippen LogP contribution in [-0.4, -0.2) is 49.2 Å². The highest BCUT2D eigenvalue weighted by atomic mass is 16.4. The molecule has 0 saturated carbocycles. The van der Waals surface area contributed by atoms with Crippen molar-refractivity contribution in [2.24, 2.45) is 0 Å². The fraction of sp³-hybridized carbons (Fsp3) is 0.417. The number of imidazole rings is 1. The second-order valence-corrected chi connectivity index (χ2v) is 4.21. The van der Waals surface area contributed by atoms with Crippen molar-refractivity contribution < 1.29 is 20.4 Å². The Morgan fingerprint density at radius 3 is 2.50 bits per heavy atom. The van der Waals surface area contributed by atoms with Gasteiger partial charge in [0.05, 0.1) is 23.7 Å². The number of aromatic nitrogens is 2. The first-order chi connectivity index (χ1) is 8.61. The zero-order chi connectivity index (χ0) is 13.1. The smallest absolute Gasteiger partial charge is 0.136 e. The summed E-state index contributed by atoms with van der Waals surface area (Å²) in [7, 11) is 0. The van der Waals surface area contributed by atoms with E-state index in [4.69, 9.17) is 5.11 Å². The number of aliphatic hydroxyl groups excluding tert-OH is 4. The number of hydrogen-bond acceptors (Lipinski definition) is 5. The molecule has 1 aromatic heterocycles. The Morgan fingerprint density at radius 1 is 1.11 bits per heavy atom. The third kappa shape index (κ3) is 2.68. The SMILES string of the molecule is OCC(O)C(O)CC(O)c1nc2ccccc2[nH]1. The monoisotopic (exact) mass is 252 g/mol. The molecule has 0 aliphatic heterocycles. The molecule has 2 aromatic rings. The molecule has 2 rings (SSSR count). The first-order valence-electron chi connectivity index (χ1n) is 5.71. The fourth-order valence-electron chi connectivity index (χ4n) is 1.75. The minimum absolute atomic E-state index is 0.0957. The lowest BCUT2D eigenvalue weighted by Gasteiger charge is -2.17. The van der Waals surface area contributed by atoms with Gasteiger partial charge in [-0.15, -0.1) is 0 Å². The van der Waals surface area contributed by atoms with Crippen molar-refractivity contribution in [3.8, 4) is 0 Å². The number of aliphatic hydroxyl groups is 4. The Morgan fingerprint density at radius 2 is 1.83 bits per heavy atom. The summed E-state index contributed by atoms with van der Waals surface area (Å²) < 4.78 is 0. The van der Waals surface area contributed by atoms with Crippen molar-refractivity contribution in [1.82, 2.24) is 9.97 Å². The van der Waals surface area contributed by atoms with Crippen molar-refractivity contribution in [3.05, 3.63) is 30.1 Å². The van der Waals surface area contributed by atoms with E-state index in [1.54, 1.807) is 6.07 Å². The fourth-order valence-corrected chi connectivity index (χ4v) is 1.75. The Balaban J connectivity index is 2.11. The van der Waals surface area contributed by atoms with Crippen LogP contribution in [0.25, 0.3) is 11.0 Å². The Kier molecular flexibility index (Phi) is 3.93. The van der Waals surface area contributed by atoms with Gasteiger partial charge < -0.3 is 25.4 Å². The molecule has 6 nitrogen and oxygen atoms in total. The molecule has 5 N–H and O–H groups in total. The van der Waals surface area contributed by atoms with Gasteiger partial charge in [-0.2, -0.15) is 0 Å². The summed E-state index contributed by atoms with van der Waals surface area (Å²) in [6.45, 7) is -0.548. The maximum Gasteiger partial charge on any atom is 0.136 e. The molecule has 0 aliphatic carbocycles. The van der Waals surface area contributed by atoms with Gasteiger partial charge in [-0.3, -0.25) is 0 Å². The zero-order valence-electron chi connectivity index (χ0n) is 9.69. The number of hydrogen-bond donors (Lipinski definition) is 5. The lowest BCUT2D eigenvalue weighted by atomic mass is 10.1. The minimum atomic E-state index is -1.26. The third-order valence-corrected chi connectivity index (χ3v) is 2.82. The van der Waals surface area contributed by atoms with E-state index in [0.29, 0.717) is 5.82 Å². The van der Waals surface area contributed by atoms with E-state index in [1.807, 2.05) is 18.2 Å². The standard InChI is InChI=1S/C12H16N2O4/c15-6-11(18)9(16)5-10(17)12-13-7-3-1-2-4-8(7)14-12/h1-4,9-11,15-18H,5-6H2,(H,13,14). The minimum Gasteiger partial charge on any atom is -0.394 e. The van der Waals surface area contributed by atoms with Gasteiger partial charge in [0.25, 0.3) is 0 Å². The molecule has 0 amide bonds. The van der Waals surface area contributed by atoms with Crippen molar-refractivity contribution in [2.45, 2.75) is 24.7 Å². The summed E-state index contributed by atoms with van der Waals surface area (Å²) in [4.78, 5) is 7.13. The van der Waals surface area contributed by atoms with Crippen LogP contribution in [0.5, 0.6) is 0 Å². The van der Waals surface area contributed by atoms with E-state index in [9.17, 15) is 15.3 Å². The highest BCUT2D eigenvalue weighted by Crippen LogP contribution is 2.20. The van der Waals surface area contributed by atoms with Gasteiger partial charge >= 0.3 is 0 Å². The predicted octanol–water partition coefficient (Wildman–Crippen LogP) is -0.300. The van der Waals surface area contributed by atoms with E-state index in [2.05, 4.69) is 9.97 Å². The lowest BCUT2D eigenvalue weighted by molar-refractivity contribution is -0.0377. The van der Waals surface area contributed by atoms with Crippen molar-refractivity contribution >= 4 is 11.0 Å². The van der Waals surface area contributed by atoms with E-state index >= 15 is 0 Å². The summed E-state index contributed by atoms with van der Waals surface area (Å²) in [5, 5.41) is 37.3. The molecule has 0 aliphatic rings. The number of fused-ring (bicyclic) bond motifs is 1. The van der Waals surface area contributed by atoms with Crippen molar-refractivity contribution in [3.63, 3.8) is 0 Å². The van der Waals surface area contributed by atoms with Crippen LogP contribution in [0.3, 0.4) is 0 Å². The molecular formula is C12H16N2O4. The topological polar surface area (TPSA) is 110 Å². The third-order valence-electron chi connectivity index (χ3n) is 2.82. The Bertz CT molecular complexity index is 481. The number of rotatable bonds is 5. The number of H-pyrrole nitrogens is 1. The second-order valence-electron chi connectivity index (χ2n) is 4.21. The molecular weight excluding hydrogens is 236 g/mol. The lowest BCUT2D eigenvalue weighted by Crippen LogP contribution is -2.30. The first kappa shape index (κ1) is 13.0. The highest BCUT2D eigenvalue weighted by Gasteiger charge is 2.22. The molecule has 3 unspecified atom stereocenters. The van der Waals surface area contributed by atoms with Crippen LogP contribution < -0.4 is 0 Å². The summed E-state index contributed by atoms with van der Waals surface area (Å²) in [6.07, 6.45) is -3.57. The largest absolute Gasteiger partial charge is 0.394 e. The molecule has 98 valence electrons. The van der Waals surface area contributed by atoms with Gasteiger partial charge in [0.15, 0.2) is 0 Å². The van der Waals surface area contributed by atoms with Crippen LogP contribution in [-0.2, 0) is 0 Å². The maximum absolute atomic E-state index is 9.89.